The van der Waals surface area contributed by atoms with E-state index in [0.717, 1.165) is 96.2 Å². The highest BCUT2D eigenvalue weighted by Gasteiger charge is 2.25. The van der Waals surface area contributed by atoms with Crippen LogP contribution >= 0.6 is 0 Å². The van der Waals surface area contributed by atoms with Crippen LogP contribution in [0.3, 0.4) is 0 Å². The zero-order valence-corrected chi connectivity index (χ0v) is 74.7. The van der Waals surface area contributed by atoms with Gasteiger partial charge in [-0.05, 0) is 241 Å². The Hall–Kier alpha value is -16.2. The number of phenols is 1. The first-order valence-electron chi connectivity index (χ1n) is 42.1. The Bertz CT molecular complexity index is 6590. The van der Waals surface area contributed by atoms with Crippen LogP contribution in [0, 0.1) is 20.8 Å². The van der Waals surface area contributed by atoms with Crippen LogP contribution in [0.15, 0.2) is 271 Å². The third-order valence-corrected chi connectivity index (χ3v) is 19.0. The minimum Gasteiger partial charge on any atom is -0.507 e. The van der Waals surface area contributed by atoms with E-state index in [1.54, 1.807) is 98.6 Å². The molecule has 32 nitrogen and oxygen atoms in total. The summed E-state index contributed by atoms with van der Waals surface area (Å²) in [7, 11) is 0. The number of ether oxygens (including phenoxy) is 5. The van der Waals surface area contributed by atoms with Gasteiger partial charge in [0.25, 0.3) is 35.3 Å². The Morgan fingerprint density at radius 3 is 1.13 bits per heavy atom. The van der Waals surface area contributed by atoms with E-state index in [1.807, 2.05) is 188 Å². The molecule has 130 heavy (non-hydrogen) atoms. The van der Waals surface area contributed by atoms with E-state index in [-0.39, 0.29) is 22.5 Å². The van der Waals surface area contributed by atoms with E-state index in [2.05, 4.69) is 156 Å². The lowest BCUT2D eigenvalue weighted by atomic mass is 9.79. The summed E-state index contributed by atoms with van der Waals surface area (Å²) in [5.74, 6) is 9.33. The van der Waals surface area contributed by atoms with Crippen molar-refractivity contribution in [1.82, 2.24) is 101 Å². The molecule has 0 atom stereocenters. The van der Waals surface area contributed by atoms with Crippen LogP contribution in [-0.2, 0) is 17.4 Å². The van der Waals surface area contributed by atoms with Crippen molar-refractivity contribution in [2.24, 2.45) is 0 Å². The SMILES string of the molecule is CC(C)(C)c1cc(-c2nc(-c3ccncc3)no2)cc(C(C)(C)C)c1.CCOc1ccc(-c2nc(-c3ccncc3)no2)c(O)c1.CCOc1ccc(-c2nc(-c3cncc(C)c3)no2)cc1OCC.CCOc1cccc(-c2nc(-c3cccnc3)no2)c1.CCOc1cccc(-c2nc(-c3cncc(C)c3)no2)c1.CCn1nc(C)cc1-c1nc(-c2ccncc2)no1. The summed E-state index contributed by atoms with van der Waals surface area (Å²) >= 11 is 0. The molecule has 13 aromatic heterocycles. The quantitative estimate of drug-likeness (QED) is 0.0621. The van der Waals surface area contributed by atoms with Gasteiger partial charge in [0.1, 0.15) is 28.7 Å². The second-order valence-corrected chi connectivity index (χ2v) is 30.8. The summed E-state index contributed by atoms with van der Waals surface area (Å²) in [6, 6.07) is 52.9. The van der Waals surface area contributed by atoms with E-state index >= 15 is 0 Å². The average Bonchev–Trinajstić information content (AvgIpc) is 1.33. The maximum atomic E-state index is 10.0. The Labute approximate surface area is 750 Å². The van der Waals surface area contributed by atoms with E-state index in [9.17, 15) is 5.11 Å². The zero-order valence-electron chi connectivity index (χ0n) is 74.7. The van der Waals surface area contributed by atoms with Gasteiger partial charge in [-0.2, -0.15) is 35.0 Å². The fraction of sp³-hybridized carbons (Fsp3) is 0.235. The second-order valence-electron chi connectivity index (χ2n) is 30.8. The fourth-order valence-corrected chi connectivity index (χ4v) is 12.6. The van der Waals surface area contributed by atoms with Crippen molar-refractivity contribution in [3.63, 3.8) is 0 Å². The number of aromatic hydroxyl groups is 1. The lowest BCUT2D eigenvalue weighted by Crippen LogP contribution is -2.16. The van der Waals surface area contributed by atoms with Crippen molar-refractivity contribution < 1.29 is 55.9 Å². The van der Waals surface area contributed by atoms with Crippen LogP contribution in [0.5, 0.6) is 34.5 Å². The number of aromatic nitrogens is 20. The molecule has 0 aliphatic rings. The molecule has 5 aromatic carbocycles. The number of hydrogen-bond acceptors (Lipinski definition) is 31. The molecule has 0 radical (unpaired) electrons. The molecule has 0 aliphatic heterocycles. The van der Waals surface area contributed by atoms with Crippen LogP contribution in [0.2, 0.25) is 0 Å². The molecular weight excluding hydrogens is 1650 g/mol. The molecule has 0 saturated carbocycles. The van der Waals surface area contributed by atoms with E-state index in [1.165, 1.54) is 17.2 Å². The first-order chi connectivity index (χ1) is 63.0. The normalized spacial score (nSPS) is 10.9. The molecule has 32 heteroatoms. The van der Waals surface area contributed by atoms with Gasteiger partial charge < -0.3 is 55.9 Å². The first-order valence-corrected chi connectivity index (χ1v) is 42.1. The maximum absolute atomic E-state index is 10.0. The van der Waals surface area contributed by atoms with Crippen molar-refractivity contribution in [2.75, 3.05) is 33.0 Å². The standard InChI is InChI=1S/C21H25N3O.C18H19N3O3.C16H15N3O2.C15H13N3O3.C15H13N3O2.C13H13N5O/c1-20(2,3)16-11-15(12-17(13-16)21(4,5)6)19-23-18(24-25-19)14-7-9-22-10-8-14;1-4-22-15-7-6-13(9-16(15)23-5-2)18-20-17(21-24-18)14-8-12(3)10-19-11-14;1-3-20-14-6-4-5-12(8-14)16-18-15(19-21-16)13-7-11(2)9-17-10-13;1-2-20-11-3-4-12(13(19)9-11)15-17-14(18-21-15)10-5-7-16-8-6-10;1-2-19-13-7-3-5-11(9-13)15-17-14(18-20-15)12-6-4-8-16-10-12;1-3-18-11(8-9(2)16-18)13-15-12(17-19-13)10-4-6-14-7-5-10/h7-13H,1-6H3;6-11H,4-5H2,1-3H3;4-10H,3H2,1-2H3;3-9,19H,2H2,1H3;3-10H,2H2,1H3;4-8H,3H2,1-2H3. The van der Waals surface area contributed by atoms with Crippen molar-refractivity contribution in [1.29, 1.82) is 0 Å². The Balaban J connectivity index is 0.000000133. The molecule has 0 fully saturated rings. The van der Waals surface area contributed by atoms with Gasteiger partial charge in [-0.25, -0.2) is 0 Å². The summed E-state index contributed by atoms with van der Waals surface area (Å²) in [6.45, 7) is 34.5. The highest BCUT2D eigenvalue weighted by molar-refractivity contribution is 5.69. The summed E-state index contributed by atoms with van der Waals surface area (Å²) in [5, 5.41) is 38.5. The minimum absolute atomic E-state index is 0.0332. The summed E-state index contributed by atoms with van der Waals surface area (Å²) < 4.78 is 61.4. The van der Waals surface area contributed by atoms with Crippen molar-refractivity contribution in [3.05, 3.63) is 272 Å². The van der Waals surface area contributed by atoms with Crippen LogP contribution in [-0.4, -0.2) is 139 Å². The van der Waals surface area contributed by atoms with Crippen LogP contribution in [0.4, 0.5) is 0 Å². The third kappa shape index (κ3) is 24.5. The monoisotopic (exact) mass is 1750 g/mol. The first kappa shape index (κ1) is 91.5. The molecule has 0 aliphatic carbocycles. The summed E-state index contributed by atoms with van der Waals surface area (Å²) in [4.78, 5) is 50.8. The second kappa shape index (κ2) is 43.6. The van der Waals surface area contributed by atoms with Crippen molar-refractivity contribution >= 4 is 0 Å². The summed E-state index contributed by atoms with van der Waals surface area (Å²) in [6.07, 6.45) is 20.6. The molecule has 0 bridgehead atoms. The molecule has 662 valence electrons. The minimum atomic E-state index is 0.0332. The van der Waals surface area contributed by atoms with Gasteiger partial charge >= 0.3 is 0 Å². The Kier molecular flexibility index (Phi) is 30.7. The van der Waals surface area contributed by atoms with Gasteiger partial charge in [-0.15, -0.1) is 0 Å². The predicted molar refractivity (Wildman–Crippen MR) is 488 cm³/mol. The number of benzene rings is 5. The van der Waals surface area contributed by atoms with Crippen molar-refractivity contribution in [3.8, 4) is 172 Å². The molecule has 13 heterocycles. The van der Waals surface area contributed by atoms with Gasteiger partial charge in [0.15, 0.2) is 11.5 Å². The summed E-state index contributed by atoms with van der Waals surface area (Å²) in [5.41, 5.74) is 15.4. The van der Waals surface area contributed by atoms with E-state index < -0.39 is 0 Å². The van der Waals surface area contributed by atoms with Gasteiger partial charge in [0.2, 0.25) is 34.9 Å². The Morgan fingerprint density at radius 1 is 0.308 bits per heavy atom. The highest BCUT2D eigenvalue weighted by Crippen LogP contribution is 2.38. The topological polar surface area (TPSA) is 395 Å². The predicted octanol–water partition coefficient (Wildman–Crippen LogP) is 21.2. The number of rotatable bonds is 23. The van der Waals surface area contributed by atoms with Gasteiger partial charge in [0.05, 0.1) is 44.3 Å². The van der Waals surface area contributed by atoms with Crippen LogP contribution < -0.4 is 23.7 Å². The van der Waals surface area contributed by atoms with Crippen molar-refractivity contribution in [2.45, 2.75) is 121 Å². The number of hydrogen-bond donors (Lipinski definition) is 1. The highest BCUT2D eigenvalue weighted by atomic mass is 16.5. The zero-order chi connectivity index (χ0) is 91.5. The largest absolute Gasteiger partial charge is 0.507 e. The lowest BCUT2D eigenvalue weighted by molar-refractivity contribution is 0.288. The molecule has 0 spiro atoms. The third-order valence-electron chi connectivity index (χ3n) is 19.0. The molecule has 1 N–H and O–H groups in total. The van der Waals surface area contributed by atoms with Crippen LogP contribution in [0.1, 0.15) is 111 Å². The average molecular weight is 1750 g/mol. The molecule has 0 saturated heterocycles. The number of aryl methyl sites for hydroxylation is 4. The number of pyridine rings is 6. The van der Waals surface area contributed by atoms with E-state index in [0.29, 0.717) is 120 Å². The van der Waals surface area contributed by atoms with Gasteiger partial charge in [0, 0.05) is 143 Å². The van der Waals surface area contributed by atoms with Crippen LogP contribution in [0.25, 0.3) is 137 Å². The fourth-order valence-electron chi connectivity index (χ4n) is 12.6. The lowest BCUT2D eigenvalue weighted by Gasteiger charge is -2.25. The van der Waals surface area contributed by atoms with E-state index in [4.69, 9.17) is 50.8 Å². The Morgan fingerprint density at radius 2 is 0.700 bits per heavy atom. The molecular formula is C98H98N20O12. The molecule has 18 rings (SSSR count). The number of phenolic OH excluding ortho intramolecular Hbond substituents is 1. The van der Waals surface area contributed by atoms with Gasteiger partial charge in [-0.1, -0.05) is 90.7 Å². The number of nitrogens with zero attached hydrogens (tertiary/aromatic N) is 20. The molecule has 18 aromatic rings. The maximum Gasteiger partial charge on any atom is 0.276 e. The molecule has 0 unspecified atom stereocenters. The molecule has 0 amide bonds. The smallest absolute Gasteiger partial charge is 0.276 e. The van der Waals surface area contributed by atoms with Gasteiger partial charge in [-0.3, -0.25) is 34.6 Å².